The molecule has 0 spiro atoms. The van der Waals surface area contributed by atoms with Crippen molar-refractivity contribution < 1.29 is 18.7 Å². The highest BCUT2D eigenvalue weighted by molar-refractivity contribution is 6.13. The zero-order chi connectivity index (χ0) is 17.5. The molecule has 2 aromatic rings. The molecule has 2 heterocycles. The summed E-state index contributed by atoms with van der Waals surface area (Å²) in [6.45, 7) is 8.35. The minimum absolute atomic E-state index is 0.0376. The molecule has 1 aromatic carbocycles. The Hall–Kier alpha value is -2.30. The second kappa shape index (κ2) is 5.96. The normalized spacial score (nSPS) is 19.9. The van der Waals surface area contributed by atoms with E-state index in [-0.39, 0.29) is 17.5 Å². The van der Waals surface area contributed by atoms with Crippen molar-refractivity contribution in [2.75, 3.05) is 6.54 Å². The van der Waals surface area contributed by atoms with Gasteiger partial charge in [-0.05, 0) is 38.8 Å². The molecular formula is C19H23NO4. The number of fused-ring (bicyclic) bond motifs is 3. The number of carbonyl (C=O) groups excluding carboxylic acids is 2. The first-order valence-electron chi connectivity index (χ1n) is 8.46. The number of ketones is 1. The smallest absolute Gasteiger partial charge is 0.287 e. The summed E-state index contributed by atoms with van der Waals surface area (Å²) in [4.78, 5) is 25.0. The lowest BCUT2D eigenvalue weighted by atomic mass is 9.87. The zero-order valence-electron chi connectivity index (χ0n) is 14.6. The first-order valence-corrected chi connectivity index (χ1v) is 8.46. The zero-order valence-corrected chi connectivity index (χ0v) is 14.6. The maximum absolute atomic E-state index is 12.8. The summed E-state index contributed by atoms with van der Waals surface area (Å²) in [5, 5.41) is 3.51. The Bertz CT molecular complexity index is 820. The summed E-state index contributed by atoms with van der Waals surface area (Å²) in [7, 11) is 0. The number of carbonyl (C=O) groups is 2. The van der Waals surface area contributed by atoms with Gasteiger partial charge in [-0.15, -0.1) is 0 Å². The van der Waals surface area contributed by atoms with Crippen LogP contribution >= 0.6 is 0 Å². The molecule has 5 nitrogen and oxygen atoms in total. The topological polar surface area (TPSA) is 68.5 Å². The Balaban J connectivity index is 2.12. The van der Waals surface area contributed by atoms with Gasteiger partial charge in [-0.1, -0.05) is 13.8 Å². The van der Waals surface area contributed by atoms with E-state index in [1.54, 1.807) is 12.1 Å². The quantitative estimate of drug-likeness (QED) is 0.920. The molecule has 0 aliphatic carbocycles. The number of amides is 1. The number of furan rings is 1. The number of aryl methyl sites for hydroxylation is 1. The van der Waals surface area contributed by atoms with E-state index in [0.29, 0.717) is 40.8 Å². The van der Waals surface area contributed by atoms with E-state index < -0.39 is 5.60 Å². The summed E-state index contributed by atoms with van der Waals surface area (Å²) in [6, 6.07) is 3.53. The Morgan fingerprint density at radius 2 is 2.08 bits per heavy atom. The van der Waals surface area contributed by atoms with E-state index in [2.05, 4.69) is 5.32 Å². The summed E-state index contributed by atoms with van der Waals surface area (Å²) in [5.41, 5.74) is 1.29. The minimum Gasteiger partial charge on any atom is -0.486 e. The molecule has 0 saturated carbocycles. The van der Waals surface area contributed by atoms with Crippen molar-refractivity contribution >= 4 is 22.7 Å². The van der Waals surface area contributed by atoms with Gasteiger partial charge in [0.05, 0.1) is 12.0 Å². The minimum atomic E-state index is -0.475. The van der Waals surface area contributed by atoms with E-state index in [0.717, 1.165) is 12.8 Å². The second-order valence-electron chi connectivity index (χ2n) is 6.63. The highest BCUT2D eigenvalue weighted by Crippen LogP contribution is 2.41. The van der Waals surface area contributed by atoms with Crippen LogP contribution in [0.2, 0.25) is 0 Å². The molecule has 1 unspecified atom stereocenters. The first kappa shape index (κ1) is 16.6. The number of nitrogens with one attached hydrogen (secondary N) is 1. The van der Waals surface area contributed by atoms with Crippen molar-refractivity contribution in [3.05, 3.63) is 29.0 Å². The third-order valence-electron chi connectivity index (χ3n) is 4.72. The van der Waals surface area contributed by atoms with Crippen LogP contribution in [0.5, 0.6) is 5.75 Å². The lowest BCUT2D eigenvalue weighted by molar-refractivity contribution is 0.0503. The molecule has 5 heteroatoms. The molecule has 1 aliphatic rings. The van der Waals surface area contributed by atoms with Crippen molar-refractivity contribution in [2.24, 2.45) is 0 Å². The monoisotopic (exact) mass is 329 g/mol. The lowest BCUT2D eigenvalue weighted by Gasteiger charge is -2.34. The van der Waals surface area contributed by atoms with E-state index >= 15 is 0 Å². The predicted molar refractivity (Wildman–Crippen MR) is 91.8 cm³/mol. The summed E-state index contributed by atoms with van der Waals surface area (Å²) < 4.78 is 11.8. The van der Waals surface area contributed by atoms with Crippen LogP contribution in [0.3, 0.4) is 0 Å². The fourth-order valence-corrected chi connectivity index (χ4v) is 3.15. The fourth-order valence-electron chi connectivity index (χ4n) is 3.15. The van der Waals surface area contributed by atoms with Crippen LogP contribution in [-0.4, -0.2) is 23.8 Å². The van der Waals surface area contributed by atoms with Crippen molar-refractivity contribution in [1.82, 2.24) is 5.32 Å². The number of Topliss-reactive ketones (excluding diaryl/α,β-unsaturated/α-hetero) is 1. The fraction of sp³-hybridized carbons (Fsp3) is 0.474. The average Bonchev–Trinajstić information content (AvgIpc) is 2.89. The number of hydrogen-bond donors (Lipinski definition) is 1. The molecule has 0 bridgehead atoms. The molecule has 128 valence electrons. The van der Waals surface area contributed by atoms with Crippen molar-refractivity contribution in [3.63, 3.8) is 0 Å². The maximum atomic E-state index is 12.8. The van der Waals surface area contributed by atoms with E-state index in [1.165, 1.54) is 0 Å². The second-order valence-corrected chi connectivity index (χ2v) is 6.63. The average molecular weight is 329 g/mol. The molecule has 1 aromatic heterocycles. The molecule has 1 aliphatic heterocycles. The maximum Gasteiger partial charge on any atom is 0.287 e. The SMILES string of the molecule is CCCNC(=O)c1oc2ccc3c(c2c1C)C(=O)CC(C)(CC)O3. The molecule has 0 saturated heterocycles. The van der Waals surface area contributed by atoms with Crippen LogP contribution in [0, 0.1) is 6.92 Å². The molecule has 3 rings (SSSR count). The summed E-state index contributed by atoms with van der Waals surface area (Å²) in [6.07, 6.45) is 1.94. The van der Waals surface area contributed by atoms with Crippen LogP contribution < -0.4 is 10.1 Å². The molecule has 1 atom stereocenters. The van der Waals surface area contributed by atoms with Crippen LogP contribution in [0.1, 0.15) is 66.5 Å². The van der Waals surface area contributed by atoms with Gasteiger partial charge in [0.2, 0.25) is 0 Å². The Morgan fingerprint density at radius 1 is 1.33 bits per heavy atom. The van der Waals surface area contributed by atoms with E-state index in [4.69, 9.17) is 9.15 Å². The third-order valence-corrected chi connectivity index (χ3v) is 4.72. The number of hydrogen-bond acceptors (Lipinski definition) is 4. The Kier molecular flexibility index (Phi) is 4.11. The van der Waals surface area contributed by atoms with Gasteiger partial charge >= 0.3 is 0 Å². The van der Waals surface area contributed by atoms with Gasteiger partial charge in [0, 0.05) is 17.5 Å². The van der Waals surface area contributed by atoms with Crippen LogP contribution in [0.4, 0.5) is 0 Å². The standard InChI is InChI=1S/C19H23NO4/c1-5-9-20-18(22)17-11(3)15-13(23-17)7-8-14-16(15)12(21)10-19(4,6-2)24-14/h7-8H,5-6,9-10H2,1-4H3,(H,20,22). The highest BCUT2D eigenvalue weighted by atomic mass is 16.5. The largest absolute Gasteiger partial charge is 0.486 e. The van der Waals surface area contributed by atoms with E-state index in [9.17, 15) is 9.59 Å². The summed E-state index contributed by atoms with van der Waals surface area (Å²) >= 11 is 0. The third kappa shape index (κ3) is 2.58. The number of ether oxygens (including phenoxy) is 1. The van der Waals surface area contributed by atoms with Gasteiger partial charge in [0.15, 0.2) is 11.5 Å². The Labute approximate surface area is 141 Å². The molecule has 24 heavy (non-hydrogen) atoms. The van der Waals surface area contributed by atoms with Gasteiger partial charge in [0.25, 0.3) is 5.91 Å². The predicted octanol–water partition coefficient (Wildman–Crippen LogP) is 4.01. The summed E-state index contributed by atoms with van der Waals surface area (Å²) in [5.74, 6) is 0.633. The Morgan fingerprint density at radius 3 is 2.75 bits per heavy atom. The van der Waals surface area contributed by atoms with Crippen LogP contribution in [0.15, 0.2) is 16.5 Å². The highest BCUT2D eigenvalue weighted by Gasteiger charge is 2.37. The van der Waals surface area contributed by atoms with Crippen molar-refractivity contribution in [3.8, 4) is 5.75 Å². The van der Waals surface area contributed by atoms with Gasteiger partial charge in [-0.3, -0.25) is 9.59 Å². The molecule has 0 radical (unpaired) electrons. The van der Waals surface area contributed by atoms with Gasteiger partial charge in [-0.2, -0.15) is 0 Å². The molecule has 1 amide bonds. The number of benzene rings is 1. The molecule has 1 N–H and O–H groups in total. The van der Waals surface area contributed by atoms with Crippen LogP contribution in [-0.2, 0) is 0 Å². The number of rotatable bonds is 4. The lowest BCUT2D eigenvalue weighted by Crippen LogP contribution is -2.38. The molecule has 0 fully saturated rings. The van der Waals surface area contributed by atoms with Gasteiger partial charge in [0.1, 0.15) is 16.9 Å². The van der Waals surface area contributed by atoms with Gasteiger partial charge < -0.3 is 14.5 Å². The van der Waals surface area contributed by atoms with Gasteiger partial charge in [-0.25, -0.2) is 0 Å². The van der Waals surface area contributed by atoms with Crippen molar-refractivity contribution in [1.29, 1.82) is 0 Å². The van der Waals surface area contributed by atoms with Crippen molar-refractivity contribution in [2.45, 2.75) is 52.6 Å². The van der Waals surface area contributed by atoms with Crippen LogP contribution in [0.25, 0.3) is 11.0 Å². The van der Waals surface area contributed by atoms with E-state index in [1.807, 2.05) is 27.7 Å². The molecular weight excluding hydrogens is 306 g/mol. The first-order chi connectivity index (χ1) is 11.4.